The minimum atomic E-state index is 0.298. The molecule has 0 amide bonds. The Labute approximate surface area is 140 Å². The maximum Gasteiger partial charge on any atom is 0.191 e. The zero-order chi connectivity index (χ0) is 16.4. The molecule has 1 aliphatic heterocycles. The van der Waals surface area contributed by atoms with Crippen molar-refractivity contribution in [3.8, 4) is 23.0 Å². The number of benzene rings is 1. The first-order valence-electron chi connectivity index (χ1n) is 7.98. The third-order valence-electron chi connectivity index (χ3n) is 4.28. The van der Waals surface area contributed by atoms with Crippen molar-refractivity contribution in [2.24, 2.45) is 0 Å². The van der Waals surface area contributed by atoms with Gasteiger partial charge in [-0.05, 0) is 49.2 Å². The first kappa shape index (κ1) is 14.4. The van der Waals surface area contributed by atoms with Gasteiger partial charge < -0.3 is 4.90 Å². The van der Waals surface area contributed by atoms with Crippen LogP contribution in [0.15, 0.2) is 48.8 Å². The van der Waals surface area contributed by atoms with Gasteiger partial charge in [0.05, 0.1) is 5.69 Å². The van der Waals surface area contributed by atoms with Crippen LogP contribution in [0.5, 0.6) is 0 Å². The van der Waals surface area contributed by atoms with E-state index in [9.17, 15) is 5.26 Å². The molecule has 1 aliphatic rings. The average Bonchev–Trinajstić information content (AvgIpc) is 3.32. The molecule has 3 aromatic rings. The quantitative estimate of drug-likeness (QED) is 0.743. The van der Waals surface area contributed by atoms with E-state index in [1.165, 1.54) is 18.5 Å². The summed E-state index contributed by atoms with van der Waals surface area (Å²) in [4.78, 5) is 6.52. The van der Waals surface area contributed by atoms with Crippen molar-refractivity contribution in [3.63, 3.8) is 0 Å². The number of rotatable bonds is 3. The fourth-order valence-electron chi connectivity index (χ4n) is 3.08. The first-order chi connectivity index (χ1) is 11.9. The smallest absolute Gasteiger partial charge is 0.191 e. The summed E-state index contributed by atoms with van der Waals surface area (Å²) >= 11 is 0. The zero-order valence-electron chi connectivity index (χ0n) is 13.1. The molecule has 0 atom stereocenters. The molecule has 3 heterocycles. The lowest BCUT2D eigenvalue weighted by Gasteiger charge is -2.17. The van der Waals surface area contributed by atoms with Gasteiger partial charge in [-0.2, -0.15) is 5.26 Å². The van der Waals surface area contributed by atoms with Gasteiger partial charge in [0, 0.05) is 36.7 Å². The van der Waals surface area contributed by atoms with E-state index < -0.39 is 0 Å². The van der Waals surface area contributed by atoms with E-state index in [0.717, 1.165) is 24.3 Å². The molecule has 2 aromatic heterocycles. The molecule has 0 radical (unpaired) electrons. The van der Waals surface area contributed by atoms with Crippen molar-refractivity contribution in [2.45, 2.75) is 12.8 Å². The lowest BCUT2D eigenvalue weighted by Crippen LogP contribution is -2.17. The van der Waals surface area contributed by atoms with Crippen molar-refractivity contribution in [3.05, 3.63) is 54.5 Å². The highest BCUT2D eigenvalue weighted by atomic mass is 15.4. The summed E-state index contributed by atoms with van der Waals surface area (Å²) in [5.41, 5.74) is 3.89. The molecule has 0 unspecified atom stereocenters. The molecule has 0 aliphatic carbocycles. The Bertz CT molecular complexity index is 870. The fraction of sp³-hybridized carbons (Fsp3) is 0.222. The van der Waals surface area contributed by atoms with Crippen molar-refractivity contribution in [1.82, 2.24) is 20.0 Å². The predicted octanol–water partition coefficient (Wildman–Crippen LogP) is 2.80. The maximum atomic E-state index is 9.33. The normalized spacial score (nSPS) is 13.9. The molecule has 0 saturated carbocycles. The predicted molar refractivity (Wildman–Crippen MR) is 90.8 cm³/mol. The standard InChI is InChI=1S/C18H16N6/c19-12-17-18(14-4-3-9-20-13-14)24(22-21-17)16-7-5-15(6-8-16)23-10-1-2-11-23/h3-9,13H,1-2,10-11H2. The van der Waals surface area contributed by atoms with Gasteiger partial charge in [0.15, 0.2) is 5.69 Å². The van der Waals surface area contributed by atoms with Crippen LogP contribution < -0.4 is 4.90 Å². The molecular weight excluding hydrogens is 300 g/mol. The van der Waals surface area contributed by atoms with Crippen molar-refractivity contribution in [1.29, 1.82) is 5.26 Å². The average molecular weight is 316 g/mol. The van der Waals surface area contributed by atoms with Crippen LogP contribution in [0.2, 0.25) is 0 Å². The van der Waals surface area contributed by atoms with Crippen LogP contribution in [0.3, 0.4) is 0 Å². The Hall–Kier alpha value is -3.20. The zero-order valence-corrected chi connectivity index (χ0v) is 13.1. The molecular formula is C18H16N6. The molecule has 1 fully saturated rings. The Morgan fingerprint density at radius 1 is 1.00 bits per heavy atom. The Morgan fingerprint density at radius 2 is 1.75 bits per heavy atom. The third kappa shape index (κ3) is 2.50. The molecule has 1 saturated heterocycles. The SMILES string of the molecule is N#Cc1nnn(-c2ccc(N3CCCC3)cc2)c1-c1cccnc1. The second kappa shape index (κ2) is 6.13. The van der Waals surface area contributed by atoms with Gasteiger partial charge in [-0.1, -0.05) is 5.21 Å². The summed E-state index contributed by atoms with van der Waals surface area (Å²) in [6.45, 7) is 2.23. The maximum absolute atomic E-state index is 9.33. The second-order valence-electron chi connectivity index (χ2n) is 5.76. The lowest BCUT2D eigenvalue weighted by atomic mass is 10.1. The van der Waals surface area contributed by atoms with Gasteiger partial charge in [-0.3, -0.25) is 4.98 Å². The summed E-state index contributed by atoms with van der Waals surface area (Å²) in [6.07, 6.45) is 5.92. The lowest BCUT2D eigenvalue weighted by molar-refractivity contribution is 0.806. The molecule has 0 spiro atoms. The van der Waals surface area contributed by atoms with E-state index in [2.05, 4.69) is 38.4 Å². The summed E-state index contributed by atoms with van der Waals surface area (Å²) in [5.74, 6) is 0. The van der Waals surface area contributed by atoms with Crippen LogP contribution in [0.1, 0.15) is 18.5 Å². The van der Waals surface area contributed by atoms with Crippen molar-refractivity contribution >= 4 is 5.69 Å². The van der Waals surface area contributed by atoms with E-state index in [1.54, 1.807) is 17.1 Å². The molecule has 6 nitrogen and oxygen atoms in total. The number of aromatic nitrogens is 4. The summed E-state index contributed by atoms with van der Waals surface area (Å²) < 4.78 is 1.70. The number of nitrogens with zero attached hydrogens (tertiary/aromatic N) is 6. The summed E-state index contributed by atoms with van der Waals surface area (Å²) in [7, 11) is 0. The molecule has 4 rings (SSSR count). The Morgan fingerprint density at radius 3 is 2.42 bits per heavy atom. The highest BCUT2D eigenvalue weighted by Crippen LogP contribution is 2.26. The molecule has 6 heteroatoms. The number of hydrogen-bond acceptors (Lipinski definition) is 5. The van der Waals surface area contributed by atoms with Gasteiger partial charge in [0.25, 0.3) is 0 Å². The largest absolute Gasteiger partial charge is 0.372 e. The van der Waals surface area contributed by atoms with Gasteiger partial charge in [-0.15, -0.1) is 5.10 Å². The van der Waals surface area contributed by atoms with Gasteiger partial charge >= 0.3 is 0 Å². The highest BCUT2D eigenvalue weighted by molar-refractivity contribution is 5.66. The van der Waals surface area contributed by atoms with Crippen LogP contribution in [-0.4, -0.2) is 33.1 Å². The van der Waals surface area contributed by atoms with E-state index >= 15 is 0 Å². The number of nitriles is 1. The first-order valence-corrected chi connectivity index (χ1v) is 7.98. The number of pyridine rings is 1. The van der Waals surface area contributed by atoms with Crippen LogP contribution in [0.25, 0.3) is 16.9 Å². The number of hydrogen-bond donors (Lipinski definition) is 0. The van der Waals surface area contributed by atoms with E-state index in [-0.39, 0.29) is 0 Å². The third-order valence-corrected chi connectivity index (χ3v) is 4.28. The fourth-order valence-corrected chi connectivity index (χ4v) is 3.08. The van der Waals surface area contributed by atoms with Crippen LogP contribution >= 0.6 is 0 Å². The highest BCUT2D eigenvalue weighted by Gasteiger charge is 2.17. The molecule has 118 valence electrons. The summed E-state index contributed by atoms with van der Waals surface area (Å²) in [6, 6.07) is 14.1. The molecule has 1 aromatic carbocycles. The van der Waals surface area contributed by atoms with Crippen molar-refractivity contribution in [2.75, 3.05) is 18.0 Å². The van der Waals surface area contributed by atoms with Crippen LogP contribution in [0.4, 0.5) is 5.69 Å². The van der Waals surface area contributed by atoms with Crippen LogP contribution in [0, 0.1) is 11.3 Å². The summed E-state index contributed by atoms with van der Waals surface area (Å²) in [5, 5.41) is 17.5. The molecule has 0 bridgehead atoms. The van der Waals surface area contributed by atoms with Gasteiger partial charge in [-0.25, -0.2) is 4.68 Å². The minimum absolute atomic E-state index is 0.298. The van der Waals surface area contributed by atoms with Gasteiger partial charge in [0.2, 0.25) is 0 Å². The Kier molecular flexibility index (Phi) is 3.67. The van der Waals surface area contributed by atoms with E-state index in [0.29, 0.717) is 11.4 Å². The van der Waals surface area contributed by atoms with Gasteiger partial charge in [0.1, 0.15) is 11.8 Å². The number of anilines is 1. The second-order valence-corrected chi connectivity index (χ2v) is 5.76. The monoisotopic (exact) mass is 316 g/mol. The Balaban J connectivity index is 1.74. The van der Waals surface area contributed by atoms with Crippen LogP contribution in [-0.2, 0) is 0 Å². The molecule has 0 N–H and O–H groups in total. The minimum Gasteiger partial charge on any atom is -0.372 e. The van der Waals surface area contributed by atoms with Crippen molar-refractivity contribution < 1.29 is 0 Å². The topological polar surface area (TPSA) is 70.6 Å². The van der Waals surface area contributed by atoms with E-state index in [4.69, 9.17) is 0 Å². The van der Waals surface area contributed by atoms with E-state index in [1.807, 2.05) is 24.3 Å². The molecule has 24 heavy (non-hydrogen) atoms.